The van der Waals surface area contributed by atoms with Crippen LogP contribution in [0.2, 0.25) is 0 Å². The Morgan fingerprint density at radius 2 is 1.93 bits per heavy atom. The predicted octanol–water partition coefficient (Wildman–Crippen LogP) is 1.86. The van der Waals surface area contributed by atoms with Gasteiger partial charge in [0.2, 0.25) is 0 Å². The van der Waals surface area contributed by atoms with E-state index in [1.165, 1.54) is 58.3 Å². The van der Waals surface area contributed by atoms with Crippen LogP contribution < -0.4 is 5.32 Å². The van der Waals surface area contributed by atoms with Crippen molar-refractivity contribution in [2.75, 3.05) is 26.2 Å². The summed E-state index contributed by atoms with van der Waals surface area (Å²) in [6.07, 6.45) is 7.11. The fourth-order valence-electron chi connectivity index (χ4n) is 2.95. The molecule has 0 aromatic rings. The highest BCUT2D eigenvalue weighted by Gasteiger charge is 2.26. The van der Waals surface area contributed by atoms with Gasteiger partial charge in [-0.3, -0.25) is 0 Å². The molecule has 0 spiro atoms. The van der Waals surface area contributed by atoms with Crippen LogP contribution in [0, 0.1) is 5.92 Å². The second kappa shape index (κ2) is 5.13. The molecule has 14 heavy (non-hydrogen) atoms. The van der Waals surface area contributed by atoms with Gasteiger partial charge >= 0.3 is 0 Å². The summed E-state index contributed by atoms with van der Waals surface area (Å²) in [5.74, 6) is 0.970. The molecule has 2 nitrogen and oxygen atoms in total. The minimum Gasteiger partial charge on any atom is -0.314 e. The smallest absolute Gasteiger partial charge is 0.00962 e. The van der Waals surface area contributed by atoms with Gasteiger partial charge in [0.25, 0.3) is 0 Å². The topological polar surface area (TPSA) is 15.3 Å². The molecule has 0 amide bonds. The Hall–Kier alpha value is -0.0800. The second-order valence-electron chi connectivity index (χ2n) is 4.83. The number of rotatable bonds is 2. The zero-order valence-corrected chi connectivity index (χ0v) is 9.47. The zero-order valence-electron chi connectivity index (χ0n) is 9.47. The number of piperidine rings is 2. The van der Waals surface area contributed by atoms with E-state index in [0.29, 0.717) is 0 Å². The molecule has 2 aliphatic heterocycles. The van der Waals surface area contributed by atoms with E-state index < -0.39 is 0 Å². The molecule has 2 saturated heterocycles. The van der Waals surface area contributed by atoms with Crippen molar-refractivity contribution >= 4 is 0 Å². The van der Waals surface area contributed by atoms with Crippen LogP contribution in [0.3, 0.4) is 0 Å². The van der Waals surface area contributed by atoms with Crippen LogP contribution in [-0.2, 0) is 0 Å². The minimum absolute atomic E-state index is 0.850. The van der Waals surface area contributed by atoms with Gasteiger partial charge in [-0.2, -0.15) is 0 Å². The fourth-order valence-corrected chi connectivity index (χ4v) is 2.95. The van der Waals surface area contributed by atoms with Gasteiger partial charge in [-0.15, -0.1) is 0 Å². The fraction of sp³-hybridized carbons (Fsp3) is 1.00. The monoisotopic (exact) mass is 196 g/mol. The Labute approximate surface area is 88.1 Å². The average Bonchev–Trinajstić information content (AvgIpc) is 2.30. The molecule has 0 saturated carbocycles. The van der Waals surface area contributed by atoms with E-state index in [2.05, 4.69) is 17.1 Å². The maximum Gasteiger partial charge on any atom is 0.00962 e. The molecule has 0 aromatic carbocycles. The minimum atomic E-state index is 0.850. The normalized spacial score (nSPS) is 31.9. The molecule has 0 aromatic heterocycles. The van der Waals surface area contributed by atoms with Crippen molar-refractivity contribution < 1.29 is 0 Å². The van der Waals surface area contributed by atoms with Gasteiger partial charge < -0.3 is 10.2 Å². The Kier molecular flexibility index (Phi) is 3.82. The molecule has 2 rings (SSSR count). The van der Waals surface area contributed by atoms with Crippen molar-refractivity contribution in [2.24, 2.45) is 5.92 Å². The number of hydrogen-bond donors (Lipinski definition) is 1. The summed E-state index contributed by atoms with van der Waals surface area (Å²) >= 11 is 0. The van der Waals surface area contributed by atoms with E-state index in [4.69, 9.17) is 0 Å². The quantitative estimate of drug-likeness (QED) is 0.725. The number of likely N-dealkylation sites (tertiary alicyclic amines) is 1. The Balaban J connectivity index is 1.76. The van der Waals surface area contributed by atoms with Gasteiger partial charge in [0.1, 0.15) is 0 Å². The molecule has 2 fully saturated rings. The lowest BCUT2D eigenvalue weighted by Gasteiger charge is -2.37. The van der Waals surface area contributed by atoms with Crippen molar-refractivity contribution in [3.63, 3.8) is 0 Å². The number of nitrogens with zero attached hydrogens (tertiary/aromatic N) is 1. The summed E-state index contributed by atoms with van der Waals surface area (Å²) in [5, 5.41) is 3.70. The number of hydrogen-bond acceptors (Lipinski definition) is 2. The molecule has 1 unspecified atom stereocenters. The number of nitrogens with one attached hydrogen (secondary N) is 1. The molecule has 2 heterocycles. The summed E-state index contributed by atoms with van der Waals surface area (Å²) in [4.78, 5) is 2.58. The standard InChI is InChI=1S/C12H24N2/c1-2-14-9-6-11(7-10-14)12-5-3-4-8-13-12/h11-13H,2-10H2,1H3. The van der Waals surface area contributed by atoms with Gasteiger partial charge in [-0.1, -0.05) is 13.3 Å². The molecular formula is C12H24N2. The SMILES string of the molecule is CCN1CCC(C2CCCCN2)CC1. The van der Waals surface area contributed by atoms with E-state index in [1.807, 2.05) is 0 Å². The maximum atomic E-state index is 3.70. The van der Waals surface area contributed by atoms with Crippen LogP contribution in [0.25, 0.3) is 0 Å². The highest BCUT2D eigenvalue weighted by Crippen LogP contribution is 2.25. The molecule has 0 aliphatic carbocycles. The first-order valence-electron chi connectivity index (χ1n) is 6.36. The third-order valence-electron chi connectivity index (χ3n) is 4.00. The summed E-state index contributed by atoms with van der Waals surface area (Å²) in [7, 11) is 0. The van der Waals surface area contributed by atoms with E-state index >= 15 is 0 Å². The molecule has 82 valence electrons. The Morgan fingerprint density at radius 1 is 1.14 bits per heavy atom. The van der Waals surface area contributed by atoms with Gasteiger partial charge in [0, 0.05) is 6.04 Å². The van der Waals surface area contributed by atoms with Gasteiger partial charge in [-0.25, -0.2) is 0 Å². The molecule has 0 radical (unpaired) electrons. The average molecular weight is 196 g/mol. The van der Waals surface area contributed by atoms with Crippen LogP contribution in [0.1, 0.15) is 39.0 Å². The summed E-state index contributed by atoms with van der Waals surface area (Å²) in [6, 6.07) is 0.850. The van der Waals surface area contributed by atoms with Crippen molar-refractivity contribution in [3.05, 3.63) is 0 Å². The zero-order chi connectivity index (χ0) is 9.80. The third kappa shape index (κ3) is 2.48. The summed E-state index contributed by atoms with van der Waals surface area (Å²) < 4.78 is 0. The molecule has 2 heteroatoms. The first kappa shape index (κ1) is 10.4. The van der Waals surface area contributed by atoms with Crippen LogP contribution in [-0.4, -0.2) is 37.1 Å². The molecular weight excluding hydrogens is 172 g/mol. The molecule has 2 aliphatic rings. The molecule has 0 bridgehead atoms. The van der Waals surface area contributed by atoms with E-state index in [9.17, 15) is 0 Å². The second-order valence-corrected chi connectivity index (χ2v) is 4.83. The van der Waals surface area contributed by atoms with Crippen LogP contribution in [0.4, 0.5) is 0 Å². The maximum absolute atomic E-state index is 3.70. The Bertz CT molecular complexity index is 156. The first-order valence-corrected chi connectivity index (χ1v) is 6.36. The van der Waals surface area contributed by atoms with Gasteiger partial charge in [0.05, 0.1) is 0 Å². The van der Waals surface area contributed by atoms with Crippen LogP contribution >= 0.6 is 0 Å². The molecule has 1 atom stereocenters. The van der Waals surface area contributed by atoms with E-state index in [1.54, 1.807) is 0 Å². The van der Waals surface area contributed by atoms with Crippen molar-refractivity contribution in [1.82, 2.24) is 10.2 Å². The molecule has 1 N–H and O–H groups in total. The van der Waals surface area contributed by atoms with Gasteiger partial charge in [0.15, 0.2) is 0 Å². The lowest BCUT2D eigenvalue weighted by atomic mass is 9.85. The van der Waals surface area contributed by atoms with E-state index in [-0.39, 0.29) is 0 Å². The predicted molar refractivity (Wildman–Crippen MR) is 60.5 cm³/mol. The lowest BCUT2D eigenvalue weighted by molar-refractivity contribution is 0.153. The van der Waals surface area contributed by atoms with E-state index in [0.717, 1.165) is 12.0 Å². The largest absolute Gasteiger partial charge is 0.314 e. The van der Waals surface area contributed by atoms with Crippen LogP contribution in [0.15, 0.2) is 0 Å². The van der Waals surface area contributed by atoms with Crippen LogP contribution in [0.5, 0.6) is 0 Å². The highest BCUT2D eigenvalue weighted by molar-refractivity contribution is 4.83. The van der Waals surface area contributed by atoms with Crippen molar-refractivity contribution in [2.45, 2.75) is 45.1 Å². The third-order valence-corrected chi connectivity index (χ3v) is 4.00. The highest BCUT2D eigenvalue weighted by atomic mass is 15.1. The van der Waals surface area contributed by atoms with Crippen molar-refractivity contribution in [1.29, 1.82) is 0 Å². The summed E-state index contributed by atoms with van der Waals surface area (Å²) in [6.45, 7) is 7.45. The first-order chi connectivity index (χ1) is 6.90. The Morgan fingerprint density at radius 3 is 2.50 bits per heavy atom. The lowest BCUT2D eigenvalue weighted by Crippen LogP contribution is -2.45. The van der Waals surface area contributed by atoms with Crippen molar-refractivity contribution in [3.8, 4) is 0 Å². The van der Waals surface area contributed by atoms with Gasteiger partial charge in [-0.05, 0) is 57.8 Å². The summed E-state index contributed by atoms with van der Waals surface area (Å²) in [5.41, 5.74) is 0.